The highest BCUT2D eigenvalue weighted by Crippen LogP contribution is 2.30. The van der Waals surface area contributed by atoms with E-state index in [1.807, 2.05) is 18.2 Å². The number of hydrogen-bond donors (Lipinski definition) is 1. The summed E-state index contributed by atoms with van der Waals surface area (Å²) < 4.78 is 1.14. The Morgan fingerprint density at radius 2 is 2.33 bits per heavy atom. The molecule has 1 unspecified atom stereocenters. The van der Waals surface area contributed by atoms with Gasteiger partial charge in [0.2, 0.25) is 0 Å². The van der Waals surface area contributed by atoms with E-state index in [2.05, 4.69) is 11.9 Å². The van der Waals surface area contributed by atoms with Crippen LogP contribution in [0, 0.1) is 0 Å². The molecule has 4 heteroatoms. The van der Waals surface area contributed by atoms with Crippen LogP contribution in [0.3, 0.4) is 0 Å². The molecule has 2 nitrogen and oxygen atoms in total. The fourth-order valence-electron chi connectivity index (χ4n) is 1.53. The fourth-order valence-corrected chi connectivity index (χ4v) is 2.97. The predicted molar refractivity (Wildman–Crippen MR) is 66.7 cm³/mol. The minimum absolute atomic E-state index is 0.376. The Morgan fingerprint density at radius 1 is 1.53 bits per heavy atom. The minimum Gasteiger partial charge on any atom is -0.330 e. The highest BCUT2D eigenvalue weighted by atomic mass is 35.5. The molecule has 0 radical (unpaired) electrons. The van der Waals surface area contributed by atoms with Crippen molar-refractivity contribution >= 4 is 33.2 Å². The van der Waals surface area contributed by atoms with E-state index in [1.54, 1.807) is 11.3 Å². The van der Waals surface area contributed by atoms with E-state index in [0.29, 0.717) is 12.5 Å². The number of benzene rings is 1. The molecule has 15 heavy (non-hydrogen) atoms. The van der Waals surface area contributed by atoms with Gasteiger partial charge in [-0.3, -0.25) is 0 Å². The minimum atomic E-state index is 0.376. The number of nitrogens with two attached hydrogens (primary N) is 1. The molecule has 1 aromatic carbocycles. The largest absolute Gasteiger partial charge is 0.330 e. The monoisotopic (exact) mass is 240 g/mol. The summed E-state index contributed by atoms with van der Waals surface area (Å²) >= 11 is 7.62. The van der Waals surface area contributed by atoms with Crippen molar-refractivity contribution in [1.29, 1.82) is 0 Å². The predicted octanol–water partition coefficient (Wildman–Crippen LogP) is 3.40. The first-order valence-electron chi connectivity index (χ1n) is 5.00. The van der Waals surface area contributed by atoms with Gasteiger partial charge in [-0.1, -0.05) is 18.5 Å². The third-order valence-electron chi connectivity index (χ3n) is 2.49. The fraction of sp³-hybridized carbons (Fsp3) is 0.364. The van der Waals surface area contributed by atoms with E-state index in [0.717, 1.165) is 26.7 Å². The first-order valence-corrected chi connectivity index (χ1v) is 6.20. The maximum atomic E-state index is 5.93. The second-order valence-electron chi connectivity index (χ2n) is 3.51. The van der Waals surface area contributed by atoms with Gasteiger partial charge in [0.25, 0.3) is 0 Å². The van der Waals surface area contributed by atoms with Crippen molar-refractivity contribution in [3.63, 3.8) is 0 Å². The van der Waals surface area contributed by atoms with E-state index in [-0.39, 0.29) is 0 Å². The van der Waals surface area contributed by atoms with Crippen LogP contribution in [0.5, 0.6) is 0 Å². The summed E-state index contributed by atoms with van der Waals surface area (Å²) in [5.41, 5.74) is 6.73. The topological polar surface area (TPSA) is 38.9 Å². The van der Waals surface area contributed by atoms with Crippen molar-refractivity contribution in [3.05, 3.63) is 28.2 Å². The molecule has 0 fully saturated rings. The quantitative estimate of drug-likeness (QED) is 0.893. The number of rotatable bonds is 3. The van der Waals surface area contributed by atoms with E-state index in [9.17, 15) is 0 Å². The Kier molecular flexibility index (Phi) is 3.24. The molecule has 2 N–H and O–H groups in total. The van der Waals surface area contributed by atoms with Gasteiger partial charge in [0, 0.05) is 17.5 Å². The molecule has 0 saturated heterocycles. The normalized spacial score (nSPS) is 13.3. The highest BCUT2D eigenvalue weighted by Gasteiger charge is 2.12. The lowest BCUT2D eigenvalue weighted by Gasteiger charge is -2.06. The van der Waals surface area contributed by atoms with Crippen LogP contribution in [0.2, 0.25) is 5.02 Å². The lowest BCUT2D eigenvalue weighted by atomic mass is 10.1. The van der Waals surface area contributed by atoms with E-state index < -0.39 is 0 Å². The van der Waals surface area contributed by atoms with Gasteiger partial charge in [-0.05, 0) is 24.6 Å². The lowest BCUT2D eigenvalue weighted by molar-refractivity contribution is 0.671. The maximum absolute atomic E-state index is 5.93. The number of nitrogens with zero attached hydrogens (tertiary/aromatic N) is 1. The molecule has 0 amide bonds. The average Bonchev–Trinajstić information content (AvgIpc) is 2.62. The molecule has 0 aliphatic carbocycles. The molecule has 1 atom stereocenters. The SMILES string of the molecule is CCC(CN)c1nc2ccc(Cl)cc2s1. The Morgan fingerprint density at radius 3 is 3.00 bits per heavy atom. The maximum Gasteiger partial charge on any atom is 0.0982 e. The molecule has 2 rings (SSSR count). The second-order valence-corrected chi connectivity index (χ2v) is 5.00. The summed E-state index contributed by atoms with van der Waals surface area (Å²) in [7, 11) is 0. The van der Waals surface area contributed by atoms with Crippen LogP contribution in [0.15, 0.2) is 18.2 Å². The number of thiazole rings is 1. The Labute approximate surface area is 98.1 Å². The van der Waals surface area contributed by atoms with Crippen molar-refractivity contribution < 1.29 is 0 Å². The second kappa shape index (κ2) is 4.47. The Balaban J connectivity index is 2.46. The molecule has 0 aliphatic heterocycles. The summed E-state index contributed by atoms with van der Waals surface area (Å²) in [5, 5.41) is 1.88. The van der Waals surface area contributed by atoms with Gasteiger partial charge in [-0.25, -0.2) is 4.98 Å². The van der Waals surface area contributed by atoms with Gasteiger partial charge in [0.05, 0.1) is 15.2 Å². The highest BCUT2D eigenvalue weighted by molar-refractivity contribution is 7.18. The third kappa shape index (κ3) is 2.14. The molecule has 0 aliphatic rings. The summed E-state index contributed by atoms with van der Waals surface area (Å²) in [4.78, 5) is 4.58. The molecule has 1 heterocycles. The number of hydrogen-bond acceptors (Lipinski definition) is 3. The van der Waals surface area contributed by atoms with Gasteiger partial charge in [0.1, 0.15) is 0 Å². The van der Waals surface area contributed by atoms with E-state index in [1.165, 1.54) is 0 Å². The number of halogens is 1. The van der Waals surface area contributed by atoms with Crippen LogP contribution in [-0.2, 0) is 0 Å². The lowest BCUT2D eigenvalue weighted by Crippen LogP contribution is -2.10. The zero-order valence-corrected chi connectivity index (χ0v) is 10.1. The van der Waals surface area contributed by atoms with Crippen LogP contribution in [0.25, 0.3) is 10.2 Å². The van der Waals surface area contributed by atoms with Crippen LogP contribution >= 0.6 is 22.9 Å². The third-order valence-corrected chi connectivity index (χ3v) is 3.91. The summed E-state index contributed by atoms with van der Waals surface area (Å²) in [6, 6.07) is 5.79. The van der Waals surface area contributed by atoms with Gasteiger partial charge >= 0.3 is 0 Å². The number of aromatic nitrogens is 1. The van der Waals surface area contributed by atoms with Crippen molar-refractivity contribution in [3.8, 4) is 0 Å². The molecule has 0 spiro atoms. The standard InChI is InChI=1S/C11H13ClN2S/c1-2-7(6-13)11-14-9-4-3-8(12)5-10(9)15-11/h3-5,7H,2,6,13H2,1H3. The summed E-state index contributed by atoms with van der Waals surface area (Å²) in [6.45, 7) is 2.79. The zero-order valence-electron chi connectivity index (χ0n) is 8.53. The first kappa shape index (κ1) is 10.9. The molecular formula is C11H13ClN2S. The molecule has 0 bridgehead atoms. The molecule has 2 aromatic rings. The van der Waals surface area contributed by atoms with Crippen molar-refractivity contribution in [1.82, 2.24) is 4.98 Å². The summed E-state index contributed by atoms with van der Waals surface area (Å²) in [6.07, 6.45) is 1.03. The first-order chi connectivity index (χ1) is 7.24. The average molecular weight is 241 g/mol. The molecular weight excluding hydrogens is 228 g/mol. The van der Waals surface area contributed by atoms with Gasteiger partial charge in [-0.15, -0.1) is 11.3 Å². The summed E-state index contributed by atoms with van der Waals surface area (Å²) in [5.74, 6) is 0.376. The van der Waals surface area contributed by atoms with Gasteiger partial charge in [-0.2, -0.15) is 0 Å². The Hall–Kier alpha value is -0.640. The van der Waals surface area contributed by atoms with Crippen molar-refractivity contribution in [2.45, 2.75) is 19.3 Å². The number of fused-ring (bicyclic) bond motifs is 1. The molecule has 80 valence electrons. The van der Waals surface area contributed by atoms with Crippen molar-refractivity contribution in [2.75, 3.05) is 6.54 Å². The van der Waals surface area contributed by atoms with Crippen LogP contribution in [-0.4, -0.2) is 11.5 Å². The van der Waals surface area contributed by atoms with Crippen LogP contribution in [0.1, 0.15) is 24.3 Å². The van der Waals surface area contributed by atoms with E-state index in [4.69, 9.17) is 17.3 Å². The molecule has 0 saturated carbocycles. The molecule has 1 aromatic heterocycles. The van der Waals surface area contributed by atoms with Crippen molar-refractivity contribution in [2.24, 2.45) is 5.73 Å². The smallest absolute Gasteiger partial charge is 0.0982 e. The van der Waals surface area contributed by atoms with E-state index >= 15 is 0 Å². The zero-order chi connectivity index (χ0) is 10.8. The van der Waals surface area contributed by atoms with Gasteiger partial charge in [0.15, 0.2) is 0 Å². The van der Waals surface area contributed by atoms with Crippen LogP contribution < -0.4 is 5.73 Å². The van der Waals surface area contributed by atoms with Gasteiger partial charge < -0.3 is 5.73 Å². The van der Waals surface area contributed by atoms with Crippen LogP contribution in [0.4, 0.5) is 0 Å². The Bertz CT molecular complexity index is 463.